The third-order valence-corrected chi connectivity index (χ3v) is 6.84. The molecule has 1 fully saturated rings. The summed E-state index contributed by atoms with van der Waals surface area (Å²) < 4.78 is 10.8. The van der Waals surface area contributed by atoms with Crippen molar-refractivity contribution in [3.63, 3.8) is 0 Å². The molecule has 0 unspecified atom stereocenters. The highest BCUT2D eigenvalue weighted by Gasteiger charge is 2.25. The summed E-state index contributed by atoms with van der Waals surface area (Å²) in [5.41, 5.74) is 0.802. The number of thiophene rings is 1. The summed E-state index contributed by atoms with van der Waals surface area (Å²) in [6.07, 6.45) is 1.49. The third-order valence-electron chi connectivity index (χ3n) is 4.84. The molecule has 0 radical (unpaired) electrons. The lowest BCUT2D eigenvalue weighted by Gasteiger charge is -2.35. The van der Waals surface area contributed by atoms with Crippen LogP contribution in [0.5, 0.6) is 0 Å². The molecule has 3 heterocycles. The van der Waals surface area contributed by atoms with Gasteiger partial charge in [0.1, 0.15) is 4.88 Å². The summed E-state index contributed by atoms with van der Waals surface area (Å²) in [5.74, 6) is -0.216. The molecule has 1 aliphatic heterocycles. The number of piperazine rings is 1. The number of nitrogens with one attached hydrogen (secondary N) is 1. The Kier molecular flexibility index (Phi) is 5.94. The highest BCUT2D eigenvalue weighted by Crippen LogP contribution is 2.37. The molecule has 1 aromatic carbocycles. The Morgan fingerprint density at radius 2 is 1.93 bits per heavy atom. The number of rotatable bonds is 3. The standard InChI is InChI=1S/C20H18ClN3O4S2/c1-27-19(26)17-16(21)13-5-4-12(11-15(13)30-17)22-20(29)24-8-6-23(7-9-24)18(25)14-3-2-10-28-14/h2-5,10-11H,6-9H2,1H3,(H,22,29). The first-order valence-corrected chi connectivity index (χ1v) is 10.8. The molecule has 0 aliphatic carbocycles. The maximum absolute atomic E-state index is 12.4. The predicted octanol–water partition coefficient (Wildman–Crippen LogP) is 4.09. The van der Waals surface area contributed by atoms with Crippen molar-refractivity contribution >= 4 is 67.9 Å². The van der Waals surface area contributed by atoms with E-state index in [1.54, 1.807) is 17.0 Å². The van der Waals surface area contributed by atoms with E-state index in [1.165, 1.54) is 24.7 Å². The number of fused-ring (bicyclic) bond motifs is 1. The van der Waals surface area contributed by atoms with E-state index >= 15 is 0 Å². The Morgan fingerprint density at radius 3 is 2.60 bits per heavy atom. The summed E-state index contributed by atoms with van der Waals surface area (Å²) in [5, 5.41) is 5.00. The van der Waals surface area contributed by atoms with Gasteiger partial charge >= 0.3 is 5.97 Å². The first-order valence-electron chi connectivity index (χ1n) is 9.17. The Hall–Kier alpha value is -2.62. The number of benzene rings is 1. The summed E-state index contributed by atoms with van der Waals surface area (Å²) in [6, 6.07) is 8.99. The van der Waals surface area contributed by atoms with E-state index in [-0.39, 0.29) is 5.91 Å². The van der Waals surface area contributed by atoms with Crippen molar-refractivity contribution < 1.29 is 18.7 Å². The lowest BCUT2D eigenvalue weighted by atomic mass is 10.2. The van der Waals surface area contributed by atoms with Crippen LogP contribution in [0.15, 0.2) is 41.0 Å². The third kappa shape index (κ3) is 4.00. The van der Waals surface area contributed by atoms with Crippen molar-refractivity contribution in [1.29, 1.82) is 0 Å². The van der Waals surface area contributed by atoms with Crippen LogP contribution in [-0.4, -0.2) is 60.1 Å². The van der Waals surface area contributed by atoms with Gasteiger partial charge in [-0.3, -0.25) is 4.79 Å². The molecule has 0 saturated carbocycles. The first-order chi connectivity index (χ1) is 14.5. The van der Waals surface area contributed by atoms with Crippen LogP contribution >= 0.6 is 35.2 Å². The van der Waals surface area contributed by atoms with Gasteiger partial charge in [0, 0.05) is 42.0 Å². The fourth-order valence-corrected chi connectivity index (χ4v) is 5.00. The topological polar surface area (TPSA) is 75.0 Å². The number of ether oxygens (including phenoxy) is 1. The molecule has 3 aromatic rings. The highest BCUT2D eigenvalue weighted by atomic mass is 35.5. The molecule has 1 amide bonds. The lowest BCUT2D eigenvalue weighted by Crippen LogP contribution is -2.51. The van der Waals surface area contributed by atoms with Crippen LogP contribution in [0.25, 0.3) is 10.1 Å². The van der Waals surface area contributed by atoms with Crippen molar-refractivity contribution in [1.82, 2.24) is 9.80 Å². The quantitative estimate of drug-likeness (QED) is 0.463. The van der Waals surface area contributed by atoms with E-state index in [1.807, 2.05) is 23.1 Å². The van der Waals surface area contributed by atoms with Crippen LogP contribution < -0.4 is 5.32 Å². The number of carbonyl (C=O) groups excluding carboxylic acids is 2. The van der Waals surface area contributed by atoms with Gasteiger partial charge in [-0.15, -0.1) is 11.3 Å². The minimum Gasteiger partial charge on any atom is -0.465 e. The number of amides is 1. The van der Waals surface area contributed by atoms with E-state index in [2.05, 4.69) is 5.32 Å². The Balaban J connectivity index is 1.40. The SMILES string of the molecule is COC(=O)c1sc2cc(NC(=S)N3CCN(C(=O)c4ccco4)CC3)ccc2c1Cl. The predicted molar refractivity (Wildman–Crippen MR) is 121 cm³/mol. The summed E-state index contributed by atoms with van der Waals surface area (Å²) in [4.78, 5) is 28.4. The van der Waals surface area contributed by atoms with Gasteiger partial charge in [0.05, 0.1) is 18.4 Å². The second-order valence-corrected chi connectivity index (χ2v) is 8.45. The van der Waals surface area contributed by atoms with Crippen LogP contribution in [0, 0.1) is 0 Å². The smallest absolute Gasteiger partial charge is 0.349 e. The fourth-order valence-electron chi connectivity index (χ4n) is 3.24. The number of thiocarbonyl (C=S) groups is 1. The molecule has 1 N–H and O–H groups in total. The summed E-state index contributed by atoms with van der Waals surface area (Å²) in [6.45, 7) is 2.36. The second kappa shape index (κ2) is 8.63. The minimum atomic E-state index is -0.451. The second-order valence-electron chi connectivity index (χ2n) is 6.63. The zero-order valence-electron chi connectivity index (χ0n) is 16.0. The maximum Gasteiger partial charge on any atom is 0.349 e. The van der Waals surface area contributed by atoms with Gasteiger partial charge in [-0.05, 0) is 42.5 Å². The molecule has 1 aliphatic rings. The first kappa shape index (κ1) is 20.6. The number of anilines is 1. The number of hydrogen-bond donors (Lipinski definition) is 1. The molecule has 0 spiro atoms. The van der Waals surface area contributed by atoms with Gasteiger partial charge in [-0.2, -0.15) is 0 Å². The number of carbonyl (C=O) groups is 2. The Bertz CT molecular complexity index is 1100. The molecule has 7 nitrogen and oxygen atoms in total. The van der Waals surface area contributed by atoms with E-state index < -0.39 is 5.97 Å². The molecule has 156 valence electrons. The molecular formula is C20H18ClN3O4S2. The van der Waals surface area contributed by atoms with Crippen LogP contribution in [-0.2, 0) is 4.74 Å². The van der Waals surface area contributed by atoms with Gasteiger partial charge in [0.25, 0.3) is 5.91 Å². The zero-order chi connectivity index (χ0) is 21.3. The van der Waals surface area contributed by atoms with Crippen LogP contribution in [0.3, 0.4) is 0 Å². The van der Waals surface area contributed by atoms with Gasteiger partial charge in [-0.1, -0.05) is 11.6 Å². The van der Waals surface area contributed by atoms with E-state index in [9.17, 15) is 9.59 Å². The van der Waals surface area contributed by atoms with Crippen molar-refractivity contribution in [2.75, 3.05) is 38.6 Å². The van der Waals surface area contributed by atoms with Crippen LogP contribution in [0.1, 0.15) is 20.2 Å². The fraction of sp³-hybridized carbons (Fsp3) is 0.250. The molecule has 4 rings (SSSR count). The van der Waals surface area contributed by atoms with Crippen molar-refractivity contribution in [3.8, 4) is 0 Å². The Labute approximate surface area is 187 Å². The zero-order valence-corrected chi connectivity index (χ0v) is 18.4. The van der Waals surface area contributed by atoms with E-state index in [0.717, 1.165) is 15.8 Å². The summed E-state index contributed by atoms with van der Waals surface area (Å²) >= 11 is 13.1. The van der Waals surface area contributed by atoms with Gasteiger partial charge < -0.3 is 24.3 Å². The van der Waals surface area contributed by atoms with E-state index in [0.29, 0.717) is 47.0 Å². The van der Waals surface area contributed by atoms with Gasteiger partial charge in [-0.25, -0.2) is 4.79 Å². The average molecular weight is 464 g/mol. The maximum atomic E-state index is 12.4. The number of methoxy groups -OCH3 is 1. The van der Waals surface area contributed by atoms with Crippen molar-refractivity contribution in [3.05, 3.63) is 52.3 Å². The van der Waals surface area contributed by atoms with Gasteiger partial charge in [0.2, 0.25) is 0 Å². The molecular weight excluding hydrogens is 446 g/mol. The highest BCUT2D eigenvalue weighted by molar-refractivity contribution is 7.80. The number of furan rings is 1. The van der Waals surface area contributed by atoms with Crippen molar-refractivity contribution in [2.45, 2.75) is 0 Å². The molecule has 0 atom stereocenters. The van der Waals surface area contributed by atoms with Crippen LogP contribution in [0.4, 0.5) is 5.69 Å². The largest absolute Gasteiger partial charge is 0.465 e. The lowest BCUT2D eigenvalue weighted by molar-refractivity contribution is 0.0605. The molecule has 10 heteroatoms. The van der Waals surface area contributed by atoms with Crippen molar-refractivity contribution in [2.24, 2.45) is 0 Å². The molecule has 0 bridgehead atoms. The number of hydrogen-bond acceptors (Lipinski definition) is 6. The number of nitrogens with zero attached hydrogens (tertiary/aromatic N) is 2. The molecule has 2 aromatic heterocycles. The molecule has 30 heavy (non-hydrogen) atoms. The minimum absolute atomic E-state index is 0.111. The number of halogens is 1. The van der Waals surface area contributed by atoms with E-state index in [4.69, 9.17) is 33.0 Å². The molecule has 1 saturated heterocycles. The monoisotopic (exact) mass is 463 g/mol. The normalized spacial score (nSPS) is 14.1. The van der Waals surface area contributed by atoms with Crippen LogP contribution in [0.2, 0.25) is 5.02 Å². The van der Waals surface area contributed by atoms with Gasteiger partial charge in [0.15, 0.2) is 10.9 Å². The summed E-state index contributed by atoms with van der Waals surface area (Å²) in [7, 11) is 1.33. The number of esters is 1. The average Bonchev–Trinajstić information content (AvgIpc) is 3.41. The Morgan fingerprint density at radius 1 is 1.20 bits per heavy atom.